The number of pyridine rings is 1. The van der Waals surface area contributed by atoms with Crippen LogP contribution in [-0.4, -0.2) is 42.0 Å². The zero-order valence-electron chi connectivity index (χ0n) is 9.30. The Balaban J connectivity index is 2.76. The second-order valence-corrected chi connectivity index (χ2v) is 3.59. The average Bonchev–Trinajstić information content (AvgIpc) is 2.16. The number of nitrogens with one attached hydrogen (secondary N) is 1. The zero-order chi connectivity index (χ0) is 12.1. The van der Waals surface area contributed by atoms with Gasteiger partial charge in [-0.15, -0.1) is 0 Å². The van der Waals surface area contributed by atoms with Gasteiger partial charge in [-0.3, -0.25) is 10.1 Å². The van der Waals surface area contributed by atoms with Gasteiger partial charge in [0.05, 0.1) is 4.92 Å². The van der Waals surface area contributed by atoms with Crippen LogP contribution in [0.5, 0.6) is 0 Å². The second kappa shape index (κ2) is 5.26. The highest BCUT2D eigenvalue weighted by Gasteiger charge is 2.14. The lowest BCUT2D eigenvalue weighted by Crippen LogP contribution is -2.21. The van der Waals surface area contributed by atoms with E-state index in [1.165, 1.54) is 12.1 Å². The Labute approximate surface area is 93.4 Å². The van der Waals surface area contributed by atoms with Gasteiger partial charge in [0.2, 0.25) is 5.82 Å². The molecule has 88 valence electrons. The van der Waals surface area contributed by atoms with Crippen LogP contribution in [0.1, 0.15) is 0 Å². The minimum Gasteiger partial charge on any atom is -0.384 e. The third kappa shape index (κ3) is 3.35. The van der Waals surface area contributed by atoms with Crippen LogP contribution in [0.4, 0.5) is 17.3 Å². The molecule has 0 aromatic carbocycles. The summed E-state index contributed by atoms with van der Waals surface area (Å²) in [5.74, 6) is 0.477. The number of nitrogens with zero attached hydrogens (tertiary/aromatic N) is 3. The first-order valence-electron chi connectivity index (χ1n) is 4.80. The number of nitro groups is 1. The summed E-state index contributed by atoms with van der Waals surface area (Å²) in [5, 5.41) is 13.6. The van der Waals surface area contributed by atoms with E-state index in [0.717, 1.165) is 6.54 Å². The van der Waals surface area contributed by atoms with Gasteiger partial charge in [0.25, 0.3) is 0 Å². The van der Waals surface area contributed by atoms with Gasteiger partial charge in [-0.25, -0.2) is 4.98 Å². The van der Waals surface area contributed by atoms with Crippen molar-refractivity contribution in [3.8, 4) is 0 Å². The number of nitrogens with two attached hydrogens (primary N) is 1. The molecule has 0 atom stereocenters. The number of rotatable bonds is 5. The highest BCUT2D eigenvalue weighted by atomic mass is 16.6. The van der Waals surface area contributed by atoms with Crippen molar-refractivity contribution < 1.29 is 4.92 Å². The maximum absolute atomic E-state index is 10.7. The van der Waals surface area contributed by atoms with E-state index in [1.54, 1.807) is 0 Å². The van der Waals surface area contributed by atoms with Crippen molar-refractivity contribution >= 4 is 17.3 Å². The maximum Gasteiger partial charge on any atom is 0.311 e. The molecule has 0 saturated carbocycles. The molecule has 0 radical (unpaired) electrons. The summed E-state index contributed by atoms with van der Waals surface area (Å²) in [6.07, 6.45) is 0. The molecule has 3 N–H and O–H groups in total. The predicted molar refractivity (Wildman–Crippen MR) is 62.3 cm³/mol. The van der Waals surface area contributed by atoms with Crippen LogP contribution in [-0.2, 0) is 0 Å². The molecule has 16 heavy (non-hydrogen) atoms. The lowest BCUT2D eigenvalue weighted by molar-refractivity contribution is -0.384. The molecule has 0 aliphatic carbocycles. The molecule has 0 spiro atoms. The maximum atomic E-state index is 10.7. The largest absolute Gasteiger partial charge is 0.384 e. The number of aromatic nitrogens is 1. The van der Waals surface area contributed by atoms with Gasteiger partial charge in [-0.05, 0) is 20.2 Å². The molecule has 1 aromatic rings. The lowest BCUT2D eigenvalue weighted by atomic mass is 10.3. The van der Waals surface area contributed by atoms with Crippen molar-refractivity contribution in [3.63, 3.8) is 0 Å². The Kier molecular flexibility index (Phi) is 4.01. The third-order valence-electron chi connectivity index (χ3n) is 1.94. The molecular formula is C9H15N5O2. The van der Waals surface area contributed by atoms with Crippen LogP contribution in [0.25, 0.3) is 0 Å². The summed E-state index contributed by atoms with van der Waals surface area (Å²) >= 11 is 0. The number of anilines is 2. The van der Waals surface area contributed by atoms with Crippen LogP contribution in [0.2, 0.25) is 0 Å². The summed E-state index contributed by atoms with van der Waals surface area (Å²) in [6, 6.07) is 2.76. The van der Waals surface area contributed by atoms with Gasteiger partial charge in [-0.1, -0.05) is 0 Å². The third-order valence-corrected chi connectivity index (χ3v) is 1.94. The van der Waals surface area contributed by atoms with Crippen LogP contribution >= 0.6 is 0 Å². The van der Waals surface area contributed by atoms with Crippen LogP contribution in [0.15, 0.2) is 12.1 Å². The first kappa shape index (κ1) is 12.2. The smallest absolute Gasteiger partial charge is 0.311 e. The Morgan fingerprint density at radius 2 is 2.25 bits per heavy atom. The lowest BCUT2D eigenvalue weighted by Gasteiger charge is -2.11. The van der Waals surface area contributed by atoms with Gasteiger partial charge in [-0.2, -0.15) is 0 Å². The summed E-state index contributed by atoms with van der Waals surface area (Å²) < 4.78 is 0. The van der Waals surface area contributed by atoms with E-state index < -0.39 is 4.92 Å². The van der Waals surface area contributed by atoms with Crippen LogP contribution in [0.3, 0.4) is 0 Å². The molecule has 7 heteroatoms. The summed E-state index contributed by atoms with van der Waals surface area (Å²) in [5.41, 5.74) is 5.41. The van der Waals surface area contributed by atoms with Gasteiger partial charge >= 0.3 is 5.69 Å². The van der Waals surface area contributed by atoms with Crippen LogP contribution < -0.4 is 11.1 Å². The molecule has 0 fully saturated rings. The monoisotopic (exact) mass is 225 g/mol. The molecule has 1 heterocycles. The van der Waals surface area contributed by atoms with Crippen molar-refractivity contribution in [2.24, 2.45) is 0 Å². The van der Waals surface area contributed by atoms with Crippen molar-refractivity contribution in [1.29, 1.82) is 0 Å². The fourth-order valence-corrected chi connectivity index (χ4v) is 1.14. The summed E-state index contributed by atoms with van der Waals surface area (Å²) in [6.45, 7) is 1.33. The number of likely N-dealkylation sites (N-methyl/N-ethyl adjacent to an activating group) is 1. The predicted octanol–water partition coefficient (Wildman–Crippen LogP) is 0.546. The molecule has 1 rings (SSSR count). The van der Waals surface area contributed by atoms with E-state index in [4.69, 9.17) is 5.73 Å². The van der Waals surface area contributed by atoms with Gasteiger partial charge in [0.15, 0.2) is 0 Å². The van der Waals surface area contributed by atoms with E-state index in [-0.39, 0.29) is 17.3 Å². The topological polar surface area (TPSA) is 97.3 Å². The van der Waals surface area contributed by atoms with Crippen molar-refractivity contribution in [2.45, 2.75) is 0 Å². The quantitative estimate of drug-likeness (QED) is 0.561. The van der Waals surface area contributed by atoms with E-state index >= 15 is 0 Å². The standard InChI is InChI=1S/C9H15N5O2/c1-13(2)6-5-11-9-7(14(15)16)3-4-8(10)12-9/h3-4H,5-6H2,1-2H3,(H3,10,11,12). The summed E-state index contributed by atoms with van der Waals surface area (Å²) in [7, 11) is 3.84. The van der Waals surface area contributed by atoms with E-state index in [1.807, 2.05) is 19.0 Å². The SMILES string of the molecule is CN(C)CCNc1nc(N)ccc1[N+](=O)[O-]. The minimum absolute atomic E-state index is 0.0621. The van der Waals surface area contributed by atoms with Gasteiger partial charge in [0.1, 0.15) is 5.82 Å². The Morgan fingerprint density at radius 3 is 2.81 bits per heavy atom. The second-order valence-electron chi connectivity index (χ2n) is 3.59. The van der Waals surface area contributed by atoms with E-state index in [2.05, 4.69) is 10.3 Å². The van der Waals surface area contributed by atoms with E-state index in [0.29, 0.717) is 6.54 Å². The highest BCUT2D eigenvalue weighted by molar-refractivity contribution is 5.59. The Morgan fingerprint density at radius 1 is 1.56 bits per heavy atom. The highest BCUT2D eigenvalue weighted by Crippen LogP contribution is 2.22. The molecule has 1 aromatic heterocycles. The van der Waals surface area contributed by atoms with Crippen LogP contribution in [0, 0.1) is 10.1 Å². The normalized spacial score (nSPS) is 10.4. The van der Waals surface area contributed by atoms with Crippen molar-refractivity contribution in [3.05, 3.63) is 22.2 Å². The van der Waals surface area contributed by atoms with Gasteiger partial charge in [0, 0.05) is 19.2 Å². The van der Waals surface area contributed by atoms with Gasteiger partial charge < -0.3 is 16.0 Å². The molecule has 0 aliphatic rings. The molecule has 0 unspecified atom stereocenters. The number of hydrogen-bond donors (Lipinski definition) is 2. The molecular weight excluding hydrogens is 210 g/mol. The zero-order valence-corrected chi connectivity index (χ0v) is 9.30. The average molecular weight is 225 g/mol. The fourth-order valence-electron chi connectivity index (χ4n) is 1.14. The number of hydrogen-bond acceptors (Lipinski definition) is 6. The first-order valence-corrected chi connectivity index (χ1v) is 4.80. The van der Waals surface area contributed by atoms with E-state index in [9.17, 15) is 10.1 Å². The molecule has 0 bridgehead atoms. The summed E-state index contributed by atoms with van der Waals surface area (Å²) in [4.78, 5) is 16.1. The van der Waals surface area contributed by atoms with Crippen molar-refractivity contribution in [2.75, 3.05) is 38.2 Å². The Bertz CT molecular complexity index is 380. The number of nitrogen functional groups attached to an aromatic ring is 1. The molecule has 0 saturated heterocycles. The first-order chi connectivity index (χ1) is 7.50. The minimum atomic E-state index is -0.482. The molecule has 7 nitrogen and oxygen atoms in total. The Hall–Kier alpha value is -1.89. The molecule has 0 amide bonds. The molecule has 0 aliphatic heterocycles. The fraction of sp³-hybridized carbons (Fsp3) is 0.444. The van der Waals surface area contributed by atoms with Crippen molar-refractivity contribution in [1.82, 2.24) is 9.88 Å².